The Labute approximate surface area is 166 Å². The fraction of sp³-hybridized carbons (Fsp3) is 0.400. The van der Waals surface area contributed by atoms with Crippen molar-refractivity contribution in [1.82, 2.24) is 0 Å². The van der Waals surface area contributed by atoms with Crippen molar-refractivity contribution in [2.75, 3.05) is 13.2 Å². The average Bonchev–Trinajstić information content (AvgIpc) is 2.61. The Morgan fingerprint density at radius 1 is 0.828 bits per heavy atom. The summed E-state index contributed by atoms with van der Waals surface area (Å²) in [7, 11) is 0. The average molecular weight is 408 g/mol. The van der Waals surface area contributed by atoms with E-state index >= 15 is 0 Å². The predicted molar refractivity (Wildman–Crippen MR) is 103 cm³/mol. The van der Waals surface area contributed by atoms with E-state index in [-0.39, 0.29) is 49.3 Å². The summed E-state index contributed by atoms with van der Waals surface area (Å²) in [6.45, 7) is 4.22. The number of hydrogen-bond donors (Lipinski definition) is 0. The highest BCUT2D eigenvalue weighted by Gasteiger charge is 2.19. The van der Waals surface area contributed by atoms with Gasteiger partial charge in [-0.1, -0.05) is 13.8 Å². The Hall–Kier alpha value is -2.94. The van der Waals surface area contributed by atoms with Crippen LogP contribution in [0, 0.1) is 43.7 Å². The first kappa shape index (κ1) is 22.4. The maximum atomic E-state index is 13.4. The van der Waals surface area contributed by atoms with Crippen LogP contribution in [-0.4, -0.2) is 23.1 Å². The van der Waals surface area contributed by atoms with Crippen LogP contribution < -0.4 is 0 Å². The minimum absolute atomic E-state index is 0.105. The van der Waals surface area contributed by atoms with Gasteiger partial charge in [-0.3, -0.25) is 20.2 Å². The van der Waals surface area contributed by atoms with Crippen molar-refractivity contribution in [1.29, 1.82) is 0 Å². The Morgan fingerprint density at radius 3 is 1.55 bits per heavy atom. The fourth-order valence-corrected chi connectivity index (χ4v) is 3.13. The van der Waals surface area contributed by atoms with Crippen LogP contribution in [0.3, 0.4) is 0 Å². The summed E-state index contributed by atoms with van der Waals surface area (Å²) in [5.74, 6) is -1.29. The molecule has 0 saturated heterocycles. The Bertz CT molecular complexity index is 820. The van der Waals surface area contributed by atoms with E-state index in [9.17, 15) is 29.0 Å². The van der Waals surface area contributed by atoms with E-state index in [0.29, 0.717) is 11.1 Å². The lowest BCUT2D eigenvalue weighted by Crippen LogP contribution is -2.15. The van der Waals surface area contributed by atoms with E-state index in [1.54, 1.807) is 0 Å². The second-order valence-corrected chi connectivity index (χ2v) is 7.22. The highest BCUT2D eigenvalue weighted by atomic mass is 19.1. The van der Waals surface area contributed by atoms with Crippen LogP contribution in [0.5, 0.6) is 0 Å². The fourth-order valence-electron chi connectivity index (χ4n) is 3.13. The number of benzene rings is 2. The molecule has 2 unspecified atom stereocenters. The molecule has 7 nitrogen and oxygen atoms in total. The van der Waals surface area contributed by atoms with Gasteiger partial charge in [-0.05, 0) is 48.9 Å². The second kappa shape index (κ2) is 10.0. The molecule has 0 aliphatic rings. The summed E-state index contributed by atoms with van der Waals surface area (Å²) in [5, 5.41) is 22.1. The first-order chi connectivity index (χ1) is 13.7. The van der Waals surface area contributed by atoms with E-state index in [1.807, 2.05) is 13.8 Å². The molecular formula is C20H22F2N2O5. The minimum atomic E-state index is -0.545. The third-order valence-corrected chi connectivity index (χ3v) is 4.42. The number of nitrogens with zero attached hydrogens (tertiary/aromatic N) is 2. The van der Waals surface area contributed by atoms with Gasteiger partial charge < -0.3 is 4.74 Å². The summed E-state index contributed by atoms with van der Waals surface area (Å²) in [5.41, 5.74) is 0.333. The zero-order valence-corrected chi connectivity index (χ0v) is 16.1. The second-order valence-electron chi connectivity index (χ2n) is 7.22. The molecule has 2 aromatic rings. The third-order valence-electron chi connectivity index (χ3n) is 4.42. The molecule has 156 valence electrons. The Balaban J connectivity index is 1.89. The molecule has 0 spiro atoms. The first-order valence-electron chi connectivity index (χ1n) is 9.10. The molecule has 2 rings (SSSR count). The molecule has 0 aliphatic heterocycles. The number of ether oxygens (including phenoxy) is 1. The molecular weight excluding hydrogens is 386 g/mol. The van der Waals surface area contributed by atoms with Gasteiger partial charge in [0.25, 0.3) is 11.4 Å². The summed E-state index contributed by atoms with van der Waals surface area (Å²) in [6, 6.07) is 6.70. The van der Waals surface area contributed by atoms with Crippen molar-refractivity contribution >= 4 is 11.4 Å². The van der Waals surface area contributed by atoms with Crippen molar-refractivity contribution in [3.8, 4) is 0 Å². The molecule has 0 heterocycles. The molecule has 0 aliphatic carbocycles. The molecule has 0 aromatic heterocycles. The lowest BCUT2D eigenvalue weighted by atomic mass is 9.99. The smallest absolute Gasteiger partial charge is 0.272 e. The molecule has 0 saturated carbocycles. The van der Waals surface area contributed by atoms with Crippen LogP contribution >= 0.6 is 0 Å². The third kappa shape index (κ3) is 6.56. The van der Waals surface area contributed by atoms with Gasteiger partial charge in [0.05, 0.1) is 9.85 Å². The van der Waals surface area contributed by atoms with E-state index in [1.165, 1.54) is 0 Å². The zero-order valence-electron chi connectivity index (χ0n) is 16.1. The van der Waals surface area contributed by atoms with Gasteiger partial charge in [-0.15, -0.1) is 0 Å². The van der Waals surface area contributed by atoms with Crippen LogP contribution in [-0.2, 0) is 17.6 Å². The van der Waals surface area contributed by atoms with Gasteiger partial charge in [0.2, 0.25) is 0 Å². The van der Waals surface area contributed by atoms with Crippen molar-refractivity contribution in [3.05, 3.63) is 79.4 Å². The highest BCUT2D eigenvalue weighted by Crippen LogP contribution is 2.24. The van der Waals surface area contributed by atoms with E-state index < -0.39 is 21.5 Å². The minimum Gasteiger partial charge on any atom is -0.381 e. The highest BCUT2D eigenvalue weighted by molar-refractivity contribution is 5.41. The van der Waals surface area contributed by atoms with Crippen molar-refractivity contribution in [2.24, 2.45) is 11.8 Å². The molecule has 0 fully saturated rings. The van der Waals surface area contributed by atoms with E-state index in [2.05, 4.69) is 0 Å². The lowest BCUT2D eigenvalue weighted by molar-refractivity contribution is -0.385. The maximum absolute atomic E-state index is 13.4. The molecule has 0 N–H and O–H groups in total. The Morgan fingerprint density at radius 2 is 1.21 bits per heavy atom. The molecule has 2 aromatic carbocycles. The van der Waals surface area contributed by atoms with E-state index in [4.69, 9.17) is 4.74 Å². The maximum Gasteiger partial charge on any atom is 0.272 e. The van der Waals surface area contributed by atoms with Gasteiger partial charge in [0.15, 0.2) is 0 Å². The van der Waals surface area contributed by atoms with Crippen molar-refractivity contribution in [2.45, 2.75) is 26.7 Å². The zero-order chi connectivity index (χ0) is 21.6. The Kier molecular flexibility index (Phi) is 7.72. The molecule has 0 radical (unpaired) electrons. The van der Waals surface area contributed by atoms with Crippen LogP contribution in [0.1, 0.15) is 25.0 Å². The van der Waals surface area contributed by atoms with Gasteiger partial charge in [-0.25, -0.2) is 8.78 Å². The SMILES string of the molecule is CC(COCC(C)Cc1cc(F)ccc1[N+](=O)[O-])Cc1cc(F)ccc1[N+](=O)[O-]. The van der Waals surface area contributed by atoms with Gasteiger partial charge in [0.1, 0.15) is 11.6 Å². The lowest BCUT2D eigenvalue weighted by Gasteiger charge is -2.16. The molecule has 9 heteroatoms. The van der Waals surface area contributed by atoms with Gasteiger partial charge >= 0.3 is 0 Å². The van der Waals surface area contributed by atoms with Gasteiger partial charge in [-0.2, -0.15) is 0 Å². The van der Waals surface area contributed by atoms with Crippen molar-refractivity contribution < 1.29 is 23.4 Å². The molecule has 0 bridgehead atoms. The summed E-state index contributed by atoms with van der Waals surface area (Å²) >= 11 is 0. The standard InChI is InChI=1S/C20H22F2N2O5/c1-13(7-15-9-17(21)3-5-19(15)23(25)26)11-29-12-14(2)8-16-10-18(22)4-6-20(16)24(27)28/h3-6,9-10,13-14H,7-8,11-12H2,1-2H3. The molecule has 2 atom stereocenters. The number of hydrogen-bond acceptors (Lipinski definition) is 5. The number of rotatable bonds is 10. The summed E-state index contributed by atoms with van der Waals surface area (Å²) in [4.78, 5) is 21.0. The topological polar surface area (TPSA) is 95.5 Å². The van der Waals surface area contributed by atoms with Crippen molar-refractivity contribution in [3.63, 3.8) is 0 Å². The summed E-state index contributed by atoms with van der Waals surface area (Å²) in [6.07, 6.45) is 0.551. The predicted octanol–water partition coefficient (Wildman–Crippen LogP) is 4.86. The number of nitro groups is 2. The summed E-state index contributed by atoms with van der Waals surface area (Å²) < 4.78 is 32.5. The molecule has 29 heavy (non-hydrogen) atoms. The number of halogens is 2. The monoisotopic (exact) mass is 408 g/mol. The number of nitro benzene ring substituents is 2. The van der Waals surface area contributed by atoms with Crippen LogP contribution in [0.15, 0.2) is 36.4 Å². The first-order valence-corrected chi connectivity index (χ1v) is 9.10. The van der Waals surface area contributed by atoms with Crippen LogP contribution in [0.2, 0.25) is 0 Å². The molecule has 0 amide bonds. The van der Waals surface area contributed by atoms with E-state index in [0.717, 1.165) is 36.4 Å². The van der Waals surface area contributed by atoms with Gasteiger partial charge in [0, 0.05) is 36.5 Å². The normalized spacial score (nSPS) is 13.1. The van der Waals surface area contributed by atoms with Crippen LogP contribution in [0.25, 0.3) is 0 Å². The van der Waals surface area contributed by atoms with Crippen LogP contribution in [0.4, 0.5) is 20.2 Å². The quantitative estimate of drug-likeness (QED) is 0.413. The largest absolute Gasteiger partial charge is 0.381 e.